The number of fused-ring (bicyclic) bond motifs is 1. The lowest BCUT2D eigenvalue weighted by atomic mass is 10.2. The van der Waals surface area contributed by atoms with Gasteiger partial charge in [-0.15, -0.1) is 0 Å². The molecule has 3 unspecified atom stereocenters. The van der Waals surface area contributed by atoms with Crippen molar-refractivity contribution in [2.75, 3.05) is 5.75 Å². The Hall–Kier alpha value is 0.310. The molecule has 1 nitrogen and oxygen atoms in total. The van der Waals surface area contributed by atoms with Gasteiger partial charge in [0.1, 0.15) is 0 Å². The van der Waals surface area contributed by atoms with E-state index >= 15 is 0 Å². The first-order valence-corrected chi connectivity index (χ1v) is 4.73. The minimum atomic E-state index is 0.659. The maximum absolute atomic E-state index is 5.40. The smallest absolute Gasteiger partial charge is 0.0968 e. The van der Waals surface area contributed by atoms with Gasteiger partial charge in [-0.05, 0) is 6.42 Å². The van der Waals surface area contributed by atoms with E-state index in [2.05, 4.69) is 18.7 Å². The van der Waals surface area contributed by atoms with Crippen molar-refractivity contribution in [3.8, 4) is 0 Å². The maximum atomic E-state index is 5.40. The van der Waals surface area contributed by atoms with Gasteiger partial charge in [0, 0.05) is 11.0 Å². The highest BCUT2D eigenvalue weighted by Gasteiger charge is 2.50. The highest BCUT2D eigenvalue weighted by atomic mass is 32.2. The Kier molecular flexibility index (Phi) is 1.46. The second kappa shape index (κ2) is 2.17. The van der Waals surface area contributed by atoms with Crippen molar-refractivity contribution in [3.63, 3.8) is 0 Å². The Bertz CT molecular complexity index is 115. The van der Waals surface area contributed by atoms with E-state index in [0.29, 0.717) is 12.2 Å². The minimum Gasteiger partial charge on any atom is -0.367 e. The predicted molar refractivity (Wildman–Crippen MR) is 39.8 cm³/mol. The molecule has 0 saturated carbocycles. The average molecular weight is 144 g/mol. The van der Waals surface area contributed by atoms with Crippen molar-refractivity contribution in [1.29, 1.82) is 0 Å². The molecule has 0 aromatic carbocycles. The summed E-state index contributed by atoms with van der Waals surface area (Å²) in [7, 11) is 0. The van der Waals surface area contributed by atoms with Gasteiger partial charge in [0.25, 0.3) is 0 Å². The highest BCUT2D eigenvalue weighted by molar-refractivity contribution is 8.00. The number of epoxide rings is 1. The SMILES string of the molecule is CCCC1SCC2OC21. The second-order valence-electron chi connectivity index (χ2n) is 2.80. The minimum absolute atomic E-state index is 0.659. The van der Waals surface area contributed by atoms with Crippen LogP contribution in [-0.2, 0) is 4.74 Å². The van der Waals surface area contributed by atoms with E-state index in [1.807, 2.05) is 0 Å². The molecule has 9 heavy (non-hydrogen) atoms. The van der Waals surface area contributed by atoms with E-state index < -0.39 is 0 Å². The summed E-state index contributed by atoms with van der Waals surface area (Å²) in [6, 6.07) is 0. The number of thioether (sulfide) groups is 1. The molecule has 0 aromatic heterocycles. The van der Waals surface area contributed by atoms with Crippen LogP contribution >= 0.6 is 11.8 Å². The van der Waals surface area contributed by atoms with Crippen LogP contribution in [0.4, 0.5) is 0 Å². The molecule has 0 radical (unpaired) electrons. The van der Waals surface area contributed by atoms with Crippen LogP contribution in [0.15, 0.2) is 0 Å². The third-order valence-corrected chi connectivity index (χ3v) is 3.49. The molecule has 0 bridgehead atoms. The molecule has 0 aliphatic carbocycles. The molecule has 2 rings (SSSR count). The van der Waals surface area contributed by atoms with Gasteiger partial charge in [-0.1, -0.05) is 13.3 Å². The van der Waals surface area contributed by atoms with Crippen molar-refractivity contribution < 1.29 is 4.74 Å². The molecule has 0 amide bonds. The molecular formula is C7H12OS. The monoisotopic (exact) mass is 144 g/mol. The van der Waals surface area contributed by atoms with Gasteiger partial charge in [0.05, 0.1) is 12.2 Å². The molecular weight excluding hydrogens is 132 g/mol. The number of hydrogen-bond acceptors (Lipinski definition) is 2. The second-order valence-corrected chi connectivity index (χ2v) is 4.07. The number of ether oxygens (including phenoxy) is 1. The summed E-state index contributed by atoms with van der Waals surface area (Å²) in [6.07, 6.45) is 3.98. The first kappa shape index (κ1) is 6.05. The zero-order valence-corrected chi connectivity index (χ0v) is 6.49. The molecule has 2 fully saturated rings. The molecule has 2 heterocycles. The zero-order valence-electron chi connectivity index (χ0n) is 5.67. The third kappa shape index (κ3) is 0.987. The summed E-state index contributed by atoms with van der Waals surface area (Å²) in [5.74, 6) is 1.26. The average Bonchev–Trinajstić information content (AvgIpc) is 2.54. The first-order chi connectivity index (χ1) is 4.42. The predicted octanol–water partition coefficient (Wildman–Crippen LogP) is 1.67. The molecule has 3 atom stereocenters. The fourth-order valence-electron chi connectivity index (χ4n) is 1.46. The normalized spacial score (nSPS) is 47.0. The van der Waals surface area contributed by atoms with E-state index in [4.69, 9.17) is 4.74 Å². The molecule has 0 spiro atoms. The van der Waals surface area contributed by atoms with Crippen LogP contribution in [-0.4, -0.2) is 23.2 Å². The summed E-state index contributed by atoms with van der Waals surface area (Å²) >= 11 is 2.10. The Labute approximate surface area is 60.2 Å². The first-order valence-electron chi connectivity index (χ1n) is 3.69. The van der Waals surface area contributed by atoms with E-state index in [1.165, 1.54) is 18.6 Å². The summed E-state index contributed by atoms with van der Waals surface area (Å²) in [5, 5.41) is 0.847. The van der Waals surface area contributed by atoms with Crippen LogP contribution in [0.3, 0.4) is 0 Å². The van der Waals surface area contributed by atoms with E-state index in [-0.39, 0.29) is 0 Å². The van der Waals surface area contributed by atoms with Crippen molar-refractivity contribution in [2.24, 2.45) is 0 Å². The summed E-state index contributed by atoms with van der Waals surface area (Å²) in [4.78, 5) is 0. The van der Waals surface area contributed by atoms with Crippen LogP contribution in [0.25, 0.3) is 0 Å². The lowest BCUT2D eigenvalue weighted by Gasteiger charge is -2.06. The van der Waals surface area contributed by atoms with Crippen molar-refractivity contribution in [2.45, 2.75) is 37.2 Å². The largest absolute Gasteiger partial charge is 0.367 e. The summed E-state index contributed by atoms with van der Waals surface area (Å²) in [5.41, 5.74) is 0. The lowest BCUT2D eigenvalue weighted by Crippen LogP contribution is -2.05. The Morgan fingerprint density at radius 3 is 3.00 bits per heavy atom. The van der Waals surface area contributed by atoms with Crippen molar-refractivity contribution in [3.05, 3.63) is 0 Å². The van der Waals surface area contributed by atoms with Gasteiger partial charge in [0.2, 0.25) is 0 Å². The summed E-state index contributed by atoms with van der Waals surface area (Å²) in [6.45, 7) is 2.25. The molecule has 2 heteroatoms. The van der Waals surface area contributed by atoms with Crippen molar-refractivity contribution >= 4 is 11.8 Å². The fraction of sp³-hybridized carbons (Fsp3) is 1.00. The van der Waals surface area contributed by atoms with E-state index in [9.17, 15) is 0 Å². The van der Waals surface area contributed by atoms with Gasteiger partial charge >= 0.3 is 0 Å². The zero-order chi connectivity index (χ0) is 6.27. The molecule has 0 N–H and O–H groups in total. The van der Waals surface area contributed by atoms with Crippen LogP contribution in [0, 0.1) is 0 Å². The Balaban J connectivity index is 1.84. The third-order valence-electron chi connectivity index (χ3n) is 2.04. The fourth-order valence-corrected chi connectivity index (χ4v) is 3.00. The Morgan fingerprint density at radius 2 is 2.56 bits per heavy atom. The van der Waals surface area contributed by atoms with Gasteiger partial charge < -0.3 is 4.74 Å². The van der Waals surface area contributed by atoms with Crippen LogP contribution < -0.4 is 0 Å². The van der Waals surface area contributed by atoms with E-state index in [1.54, 1.807) is 0 Å². The van der Waals surface area contributed by atoms with Crippen LogP contribution in [0.1, 0.15) is 19.8 Å². The van der Waals surface area contributed by atoms with Gasteiger partial charge in [-0.25, -0.2) is 0 Å². The van der Waals surface area contributed by atoms with Gasteiger partial charge in [-0.2, -0.15) is 11.8 Å². The number of hydrogen-bond donors (Lipinski definition) is 0. The molecule has 52 valence electrons. The van der Waals surface area contributed by atoms with Gasteiger partial charge in [-0.3, -0.25) is 0 Å². The summed E-state index contributed by atoms with van der Waals surface area (Å²) < 4.78 is 5.40. The van der Waals surface area contributed by atoms with Crippen molar-refractivity contribution in [1.82, 2.24) is 0 Å². The quantitative estimate of drug-likeness (QED) is 0.547. The lowest BCUT2D eigenvalue weighted by molar-refractivity contribution is 0.365. The highest BCUT2D eigenvalue weighted by Crippen LogP contribution is 2.44. The topological polar surface area (TPSA) is 12.5 Å². The maximum Gasteiger partial charge on any atom is 0.0968 e. The van der Waals surface area contributed by atoms with Crippen LogP contribution in [0.5, 0.6) is 0 Å². The van der Waals surface area contributed by atoms with E-state index in [0.717, 1.165) is 5.25 Å². The Morgan fingerprint density at radius 1 is 1.67 bits per heavy atom. The number of rotatable bonds is 2. The molecule has 2 saturated heterocycles. The molecule has 2 aliphatic heterocycles. The molecule has 2 aliphatic rings. The van der Waals surface area contributed by atoms with Crippen LogP contribution in [0.2, 0.25) is 0 Å². The molecule has 0 aromatic rings. The standard InChI is InChI=1S/C7H12OS/c1-2-3-6-7-5(8-7)4-9-6/h5-7H,2-4H2,1H3. The van der Waals surface area contributed by atoms with Gasteiger partial charge in [0.15, 0.2) is 0 Å².